The first-order chi connectivity index (χ1) is 18.3. The molecule has 0 fully saturated rings. The summed E-state index contributed by atoms with van der Waals surface area (Å²) in [6, 6.07) is -0.396. The Morgan fingerprint density at radius 1 is 1.18 bits per heavy atom. The molecule has 0 spiro atoms. The maximum Gasteiger partial charge on any atom is 0.404 e. The predicted molar refractivity (Wildman–Crippen MR) is 144 cm³/mol. The lowest BCUT2D eigenvalue weighted by molar-refractivity contribution is -0.147. The molecule has 10 nitrogen and oxygen atoms in total. The Morgan fingerprint density at radius 2 is 1.80 bits per heavy atom. The van der Waals surface area contributed by atoms with Crippen LogP contribution < -0.4 is 4.72 Å². The average Bonchev–Trinajstić information content (AvgIpc) is 3.47. The number of hydrogen-bond donors (Lipinski definition) is 2. The number of nitrogens with zero attached hydrogens (tertiary/aromatic N) is 4. The third-order valence-corrected chi connectivity index (χ3v) is 9.24. The fourth-order valence-electron chi connectivity index (χ4n) is 3.45. The molecule has 1 atom stereocenters. The number of aliphatic hydroxyl groups is 1. The summed E-state index contributed by atoms with van der Waals surface area (Å²) in [4.78, 5) is 19.0. The van der Waals surface area contributed by atoms with Crippen molar-refractivity contribution in [1.82, 2.24) is 24.8 Å². The van der Waals surface area contributed by atoms with Gasteiger partial charge in [-0.25, -0.2) is 13.4 Å². The molecule has 0 radical (unpaired) electrons. The van der Waals surface area contributed by atoms with Crippen molar-refractivity contribution in [3.05, 3.63) is 33.8 Å². The molecule has 2 N–H and O–H groups in total. The molecule has 0 aliphatic carbocycles. The molecule has 3 rings (SSSR count). The Balaban J connectivity index is 2.19. The van der Waals surface area contributed by atoms with E-state index >= 15 is 0 Å². The van der Waals surface area contributed by atoms with E-state index in [-0.39, 0.29) is 44.0 Å². The van der Waals surface area contributed by atoms with Gasteiger partial charge in [-0.05, 0) is 47.6 Å². The van der Waals surface area contributed by atoms with Gasteiger partial charge in [-0.2, -0.15) is 17.9 Å². The first-order valence-corrected chi connectivity index (χ1v) is 14.8. The molecule has 0 bridgehead atoms. The number of hydrogen-bond acceptors (Lipinski definition) is 9. The lowest BCUT2D eigenvalue weighted by Crippen LogP contribution is -2.43. The van der Waals surface area contributed by atoms with E-state index in [1.54, 1.807) is 20.8 Å². The number of sulfonamides is 1. The fraction of sp³-hybridized carbons (Fsp3) is 0.478. The molecule has 220 valence electrons. The molecule has 1 amide bonds. The van der Waals surface area contributed by atoms with Crippen LogP contribution >= 0.6 is 34.5 Å². The highest BCUT2D eigenvalue weighted by Crippen LogP contribution is 2.43. The van der Waals surface area contributed by atoms with Crippen LogP contribution in [0.2, 0.25) is 10.0 Å². The third-order valence-electron chi connectivity index (χ3n) is 5.59. The number of carbonyl (C=O) groups is 1. The Labute approximate surface area is 242 Å². The van der Waals surface area contributed by atoms with Gasteiger partial charge in [0.25, 0.3) is 11.8 Å². The summed E-state index contributed by atoms with van der Waals surface area (Å²) >= 11 is 13.6. The van der Waals surface area contributed by atoms with E-state index in [0.717, 1.165) is 17.4 Å². The minimum atomic E-state index is -4.83. The van der Waals surface area contributed by atoms with Gasteiger partial charge >= 0.3 is 6.18 Å². The molecule has 0 aliphatic heterocycles. The summed E-state index contributed by atoms with van der Waals surface area (Å²) in [6.45, 7) is 9.25. The summed E-state index contributed by atoms with van der Waals surface area (Å²) in [7, 11) is -4.73. The van der Waals surface area contributed by atoms with Gasteiger partial charge in [-0.15, -0.1) is 21.5 Å². The summed E-state index contributed by atoms with van der Waals surface area (Å²) in [5.41, 5.74) is -1.42. The average molecular weight is 645 g/mol. The maximum atomic E-state index is 13.5. The van der Waals surface area contributed by atoms with Crippen molar-refractivity contribution >= 4 is 50.5 Å². The summed E-state index contributed by atoms with van der Waals surface area (Å²) in [5, 5.41) is 17.1. The molecule has 0 saturated heterocycles. The summed E-state index contributed by atoms with van der Waals surface area (Å²) < 4.78 is 71.4. The summed E-state index contributed by atoms with van der Waals surface area (Å²) in [5.74, 6) is -0.677. The molecule has 17 heteroatoms. The van der Waals surface area contributed by atoms with Crippen LogP contribution in [0.1, 0.15) is 57.9 Å². The van der Waals surface area contributed by atoms with Crippen molar-refractivity contribution in [2.45, 2.75) is 70.3 Å². The number of halogens is 5. The van der Waals surface area contributed by atoms with Crippen LogP contribution in [-0.2, 0) is 15.6 Å². The number of benzene rings is 1. The zero-order valence-corrected chi connectivity index (χ0v) is 25.2. The first kappa shape index (κ1) is 32.2. The van der Waals surface area contributed by atoms with E-state index < -0.39 is 43.7 Å². The second kappa shape index (κ2) is 11.5. The molecule has 40 heavy (non-hydrogen) atoms. The molecule has 0 saturated carbocycles. The van der Waals surface area contributed by atoms with Crippen LogP contribution in [0.4, 0.5) is 13.2 Å². The predicted octanol–water partition coefficient (Wildman–Crippen LogP) is 5.49. The Kier molecular flexibility index (Phi) is 9.28. The molecule has 1 aromatic carbocycles. The Hall–Kier alpha value is -2.30. The zero-order chi connectivity index (χ0) is 30.4. The van der Waals surface area contributed by atoms with Gasteiger partial charge in [0.2, 0.25) is 15.9 Å². The van der Waals surface area contributed by atoms with Crippen LogP contribution in [-0.4, -0.2) is 64.3 Å². The molecular formula is C23H26Cl2F3N5O5S2. The Morgan fingerprint density at radius 3 is 2.30 bits per heavy atom. The quantitative estimate of drug-likeness (QED) is 0.312. The van der Waals surface area contributed by atoms with Crippen molar-refractivity contribution in [2.24, 2.45) is 0 Å². The van der Waals surface area contributed by atoms with E-state index in [1.807, 2.05) is 0 Å². The molecule has 3 aromatic rings. The van der Waals surface area contributed by atoms with Crippen LogP contribution in [0, 0.1) is 0 Å². The highest BCUT2D eigenvalue weighted by atomic mass is 35.5. The van der Waals surface area contributed by atoms with Crippen molar-refractivity contribution in [2.75, 3.05) is 6.54 Å². The number of amides is 1. The molecule has 0 aliphatic rings. The van der Waals surface area contributed by atoms with Gasteiger partial charge in [0.15, 0.2) is 5.01 Å². The Bertz CT molecular complexity index is 1520. The van der Waals surface area contributed by atoms with Gasteiger partial charge in [-0.3, -0.25) is 4.79 Å². The lowest BCUT2D eigenvalue weighted by atomic mass is 10.1. The highest BCUT2D eigenvalue weighted by Gasteiger charge is 2.40. The number of rotatable bonds is 9. The second-order valence-electron chi connectivity index (χ2n) is 9.48. The van der Waals surface area contributed by atoms with Crippen LogP contribution in [0.3, 0.4) is 0 Å². The van der Waals surface area contributed by atoms with Crippen LogP contribution in [0.15, 0.2) is 21.4 Å². The van der Waals surface area contributed by atoms with E-state index in [1.165, 1.54) is 29.5 Å². The van der Waals surface area contributed by atoms with Crippen molar-refractivity contribution in [3.63, 3.8) is 0 Å². The maximum absolute atomic E-state index is 13.5. The van der Waals surface area contributed by atoms with E-state index in [2.05, 4.69) is 15.2 Å². The van der Waals surface area contributed by atoms with Crippen LogP contribution in [0.5, 0.6) is 0 Å². The highest BCUT2D eigenvalue weighted by molar-refractivity contribution is 7.89. The van der Waals surface area contributed by atoms with Crippen molar-refractivity contribution in [1.29, 1.82) is 0 Å². The zero-order valence-electron chi connectivity index (χ0n) is 22.1. The molecule has 1 unspecified atom stereocenters. The minimum Gasteiger partial charge on any atom is -0.415 e. The fourth-order valence-corrected chi connectivity index (χ4v) is 6.61. The smallest absolute Gasteiger partial charge is 0.404 e. The summed E-state index contributed by atoms with van der Waals surface area (Å²) in [6.07, 6.45) is -4.83. The van der Waals surface area contributed by atoms with Gasteiger partial charge < -0.3 is 14.4 Å². The van der Waals surface area contributed by atoms with Gasteiger partial charge in [0, 0.05) is 18.2 Å². The van der Waals surface area contributed by atoms with Crippen molar-refractivity contribution in [3.8, 4) is 21.3 Å². The minimum absolute atomic E-state index is 0.0732. The SMILES string of the molecule is CCN(C(=O)c1nc(-c2nnc(C(C)(C)O)o2)sc1-c1ccc(S(=O)(=O)NC(C)C(F)(F)F)c(Cl)c1Cl)C(C)C. The van der Waals surface area contributed by atoms with Crippen LogP contribution in [0.25, 0.3) is 21.3 Å². The van der Waals surface area contributed by atoms with Gasteiger partial charge in [0.1, 0.15) is 22.2 Å². The number of carbonyl (C=O) groups excluding carboxylic acids is 1. The molecule has 2 aromatic heterocycles. The van der Waals surface area contributed by atoms with Gasteiger partial charge in [-0.1, -0.05) is 29.3 Å². The number of alkyl halides is 3. The number of aromatic nitrogens is 3. The third kappa shape index (κ3) is 6.60. The van der Waals surface area contributed by atoms with E-state index in [9.17, 15) is 31.5 Å². The standard InChI is InChI=1S/C23H26Cl2F3N5O5S2/c1-7-33(10(2)3)20(34)16-17(39-19(29-16)18-30-31-21(38-18)22(5,6)35)12-8-9-13(15(25)14(12)24)40(36,37)32-11(4)23(26,27)28/h8-11,32,35H,7H2,1-6H3. The number of nitrogens with one attached hydrogen (secondary N) is 1. The molecular weight excluding hydrogens is 618 g/mol. The number of thiazole rings is 1. The lowest BCUT2D eigenvalue weighted by Gasteiger charge is -2.24. The normalized spacial score (nSPS) is 13.6. The van der Waals surface area contributed by atoms with Crippen molar-refractivity contribution < 1.29 is 35.9 Å². The largest absolute Gasteiger partial charge is 0.415 e. The van der Waals surface area contributed by atoms with Gasteiger partial charge in [0.05, 0.1) is 14.9 Å². The van der Waals surface area contributed by atoms with E-state index in [4.69, 9.17) is 27.6 Å². The first-order valence-electron chi connectivity index (χ1n) is 11.8. The monoisotopic (exact) mass is 643 g/mol. The second-order valence-corrected chi connectivity index (χ2v) is 12.9. The molecule has 2 heterocycles. The topological polar surface area (TPSA) is 139 Å². The van der Waals surface area contributed by atoms with E-state index in [0.29, 0.717) is 13.5 Å².